The number of ether oxygens (including phenoxy) is 1. The molecule has 0 saturated carbocycles. The van der Waals surface area contributed by atoms with E-state index in [0.29, 0.717) is 24.2 Å². The van der Waals surface area contributed by atoms with Crippen molar-refractivity contribution >= 4 is 27.8 Å². The summed E-state index contributed by atoms with van der Waals surface area (Å²) in [5.41, 5.74) is 1.23. The molecule has 38 heavy (non-hydrogen) atoms. The van der Waals surface area contributed by atoms with E-state index in [-0.39, 0.29) is 4.90 Å². The van der Waals surface area contributed by atoms with Gasteiger partial charge in [-0.3, -0.25) is 4.79 Å². The Labute approximate surface area is 227 Å². The van der Waals surface area contributed by atoms with Crippen LogP contribution in [0.15, 0.2) is 82.6 Å². The SMILES string of the molecule is CCCCC1[C@@H](Sc2ccc(OC)cc2)[C@@H](C(=O)O)C(c2cccc(F)c2)N1S(=O)(=O)c1ccc(C)cc1. The minimum Gasteiger partial charge on any atom is -0.497 e. The number of hydrogen-bond donors (Lipinski definition) is 1. The lowest BCUT2D eigenvalue weighted by atomic mass is 9.92. The Morgan fingerprint density at radius 3 is 2.34 bits per heavy atom. The lowest BCUT2D eigenvalue weighted by Gasteiger charge is -2.31. The predicted octanol–water partition coefficient (Wildman–Crippen LogP) is 6.31. The molecule has 6 nitrogen and oxygen atoms in total. The van der Waals surface area contributed by atoms with Gasteiger partial charge in [-0.25, -0.2) is 12.8 Å². The van der Waals surface area contributed by atoms with Crippen LogP contribution in [0, 0.1) is 18.7 Å². The van der Waals surface area contributed by atoms with Crippen molar-refractivity contribution in [3.8, 4) is 5.75 Å². The van der Waals surface area contributed by atoms with Crippen LogP contribution in [-0.2, 0) is 14.8 Å². The molecule has 1 aliphatic rings. The second-order valence-corrected chi connectivity index (χ2v) is 12.6. The molecule has 2 unspecified atom stereocenters. The third-order valence-electron chi connectivity index (χ3n) is 6.93. The molecule has 1 fully saturated rings. The average Bonchev–Trinajstić information content (AvgIpc) is 3.23. The first-order valence-electron chi connectivity index (χ1n) is 12.6. The third kappa shape index (κ3) is 5.75. The van der Waals surface area contributed by atoms with Gasteiger partial charge in [0.2, 0.25) is 10.0 Å². The summed E-state index contributed by atoms with van der Waals surface area (Å²) in [6.45, 7) is 3.88. The number of aryl methyl sites for hydroxylation is 1. The maximum Gasteiger partial charge on any atom is 0.309 e. The molecule has 3 aromatic carbocycles. The number of unbranched alkanes of at least 4 members (excludes halogenated alkanes) is 1. The van der Waals surface area contributed by atoms with Crippen molar-refractivity contribution in [1.29, 1.82) is 0 Å². The van der Waals surface area contributed by atoms with Crippen molar-refractivity contribution in [2.45, 2.75) is 60.2 Å². The van der Waals surface area contributed by atoms with E-state index in [0.717, 1.165) is 16.9 Å². The summed E-state index contributed by atoms with van der Waals surface area (Å²) in [5.74, 6) is -2.10. The number of halogens is 1. The number of carboxylic acids is 1. The van der Waals surface area contributed by atoms with Crippen molar-refractivity contribution in [2.24, 2.45) is 5.92 Å². The molecule has 1 heterocycles. The highest BCUT2D eigenvalue weighted by Crippen LogP contribution is 2.52. The van der Waals surface area contributed by atoms with Crippen LogP contribution in [0.2, 0.25) is 0 Å². The molecule has 1 N–H and O–H groups in total. The first kappa shape index (κ1) is 28.1. The van der Waals surface area contributed by atoms with Crippen molar-refractivity contribution in [1.82, 2.24) is 4.31 Å². The van der Waals surface area contributed by atoms with Gasteiger partial charge in [0.15, 0.2) is 0 Å². The minimum absolute atomic E-state index is 0.0882. The molecule has 0 amide bonds. The maximum absolute atomic E-state index is 14.4. The Hall–Kier alpha value is -2.88. The summed E-state index contributed by atoms with van der Waals surface area (Å²) in [7, 11) is -2.57. The number of thioether (sulfide) groups is 1. The van der Waals surface area contributed by atoms with E-state index in [1.54, 1.807) is 49.6 Å². The highest BCUT2D eigenvalue weighted by Gasteiger charge is 2.57. The summed E-state index contributed by atoms with van der Waals surface area (Å²) >= 11 is 1.35. The van der Waals surface area contributed by atoms with Crippen molar-refractivity contribution in [3.63, 3.8) is 0 Å². The average molecular weight is 558 g/mol. The van der Waals surface area contributed by atoms with Gasteiger partial charge < -0.3 is 9.84 Å². The Morgan fingerprint density at radius 2 is 1.76 bits per heavy atom. The van der Waals surface area contributed by atoms with E-state index in [1.807, 2.05) is 26.0 Å². The number of hydrogen-bond acceptors (Lipinski definition) is 5. The fraction of sp³-hybridized carbons (Fsp3) is 0.345. The summed E-state index contributed by atoms with van der Waals surface area (Å²) in [4.78, 5) is 13.8. The van der Waals surface area contributed by atoms with Gasteiger partial charge >= 0.3 is 5.97 Å². The molecule has 0 aliphatic carbocycles. The van der Waals surface area contributed by atoms with Crippen LogP contribution in [0.1, 0.15) is 43.4 Å². The fourth-order valence-electron chi connectivity index (χ4n) is 5.08. The van der Waals surface area contributed by atoms with E-state index in [1.165, 1.54) is 34.3 Å². The predicted molar refractivity (Wildman–Crippen MR) is 146 cm³/mol. The highest BCUT2D eigenvalue weighted by molar-refractivity contribution is 8.00. The van der Waals surface area contributed by atoms with Gasteiger partial charge in [0.1, 0.15) is 11.6 Å². The number of carboxylic acid groups (broad SMARTS) is 1. The molecule has 0 spiro atoms. The van der Waals surface area contributed by atoms with E-state index < -0.39 is 45.1 Å². The van der Waals surface area contributed by atoms with Gasteiger partial charge in [-0.05, 0) is 67.4 Å². The molecular formula is C29H32FNO5S2. The fourth-order valence-corrected chi connectivity index (χ4v) is 8.47. The van der Waals surface area contributed by atoms with Crippen molar-refractivity contribution < 1.29 is 27.4 Å². The Balaban J connectivity index is 1.90. The van der Waals surface area contributed by atoms with Crippen molar-refractivity contribution in [3.05, 3.63) is 89.7 Å². The van der Waals surface area contributed by atoms with Gasteiger partial charge in [0.05, 0.1) is 24.0 Å². The van der Waals surface area contributed by atoms with Crippen LogP contribution < -0.4 is 4.74 Å². The first-order valence-corrected chi connectivity index (χ1v) is 14.9. The van der Waals surface area contributed by atoms with Gasteiger partial charge in [-0.2, -0.15) is 4.31 Å². The maximum atomic E-state index is 14.4. The summed E-state index contributed by atoms with van der Waals surface area (Å²) in [5, 5.41) is 9.92. The Morgan fingerprint density at radius 1 is 1.08 bits per heavy atom. The van der Waals surface area contributed by atoms with Crippen molar-refractivity contribution in [2.75, 3.05) is 7.11 Å². The summed E-state index contributed by atoms with van der Waals surface area (Å²) in [6.07, 6.45) is 2.01. The van der Waals surface area contributed by atoms with Crippen LogP contribution in [0.3, 0.4) is 0 Å². The second kappa shape index (κ2) is 11.9. The molecule has 0 aromatic heterocycles. The quantitative estimate of drug-likeness (QED) is 0.315. The number of sulfonamides is 1. The molecule has 0 radical (unpaired) electrons. The number of carbonyl (C=O) groups is 1. The number of aliphatic carboxylic acids is 1. The normalized spacial score (nSPS) is 21.9. The van der Waals surface area contributed by atoms with Gasteiger partial charge in [-0.15, -0.1) is 11.8 Å². The van der Waals surface area contributed by atoms with Gasteiger partial charge in [0.25, 0.3) is 0 Å². The molecule has 1 saturated heterocycles. The monoisotopic (exact) mass is 557 g/mol. The van der Waals surface area contributed by atoms with E-state index >= 15 is 0 Å². The van der Waals surface area contributed by atoms with E-state index in [2.05, 4.69) is 0 Å². The zero-order valence-corrected chi connectivity index (χ0v) is 23.2. The number of nitrogens with zero attached hydrogens (tertiary/aromatic N) is 1. The van der Waals surface area contributed by atoms with Crippen LogP contribution in [-0.4, -0.2) is 42.2 Å². The molecule has 9 heteroatoms. The molecule has 4 atom stereocenters. The Kier molecular flexibility index (Phi) is 8.80. The topological polar surface area (TPSA) is 83.9 Å². The van der Waals surface area contributed by atoms with Gasteiger partial charge in [-0.1, -0.05) is 49.6 Å². The molecule has 1 aliphatic heterocycles. The minimum atomic E-state index is -4.13. The molecule has 3 aromatic rings. The van der Waals surface area contributed by atoms with Crippen LogP contribution in [0.4, 0.5) is 4.39 Å². The first-order chi connectivity index (χ1) is 18.2. The lowest BCUT2D eigenvalue weighted by molar-refractivity contribution is -0.142. The van der Waals surface area contributed by atoms with Crippen LogP contribution in [0.25, 0.3) is 0 Å². The lowest BCUT2D eigenvalue weighted by Crippen LogP contribution is -2.40. The third-order valence-corrected chi connectivity index (χ3v) is 10.3. The zero-order valence-electron chi connectivity index (χ0n) is 21.6. The highest BCUT2D eigenvalue weighted by atomic mass is 32.2. The summed E-state index contributed by atoms with van der Waals surface area (Å²) in [6, 6.07) is 17.7. The largest absolute Gasteiger partial charge is 0.497 e. The molecule has 4 rings (SSSR count). The summed E-state index contributed by atoms with van der Waals surface area (Å²) < 4.78 is 49.5. The van der Waals surface area contributed by atoms with E-state index in [4.69, 9.17) is 4.74 Å². The Bertz CT molecular complexity index is 1360. The second-order valence-electron chi connectivity index (χ2n) is 9.48. The number of benzene rings is 3. The number of rotatable bonds is 10. The standard InChI is InChI=1S/C29H32FNO5S2/c1-4-5-9-25-28(37-23-14-12-22(36-3)13-15-23)26(29(32)33)27(20-7-6-8-21(30)18-20)31(25)38(34,35)24-16-10-19(2)11-17-24/h6-8,10-18,25-28H,4-5,9H2,1-3H3,(H,32,33)/t25?,26-,27?,28+/m0/s1. The number of methoxy groups -OCH3 is 1. The molecular weight excluding hydrogens is 525 g/mol. The smallest absolute Gasteiger partial charge is 0.309 e. The van der Waals surface area contributed by atoms with Gasteiger partial charge in [0, 0.05) is 16.2 Å². The molecule has 0 bridgehead atoms. The molecule has 202 valence electrons. The van der Waals surface area contributed by atoms with E-state index in [9.17, 15) is 22.7 Å². The van der Waals surface area contributed by atoms with Crippen LogP contribution in [0.5, 0.6) is 5.75 Å². The zero-order chi connectivity index (χ0) is 27.4. The van der Waals surface area contributed by atoms with Crippen LogP contribution >= 0.6 is 11.8 Å².